The molecule has 0 N–H and O–H groups in total. The minimum Gasteiger partial charge on any atom is -0.374 e. The molecule has 0 amide bonds. The Bertz CT molecular complexity index is 619. The Kier molecular flexibility index (Phi) is 4.58. The fraction of sp³-hybridized carbons (Fsp3) is 0.455. The van der Waals surface area contributed by atoms with Crippen LogP contribution in [0, 0.1) is 0 Å². The highest BCUT2D eigenvalue weighted by molar-refractivity contribution is 7.88. The van der Waals surface area contributed by atoms with Crippen molar-refractivity contribution in [2.24, 2.45) is 0 Å². The highest BCUT2D eigenvalue weighted by atomic mass is 35.5. The first-order valence-electron chi connectivity index (χ1n) is 5.26. The first kappa shape index (κ1) is 17.4. The Labute approximate surface area is 124 Å². The van der Waals surface area contributed by atoms with E-state index in [4.69, 9.17) is 23.2 Å². The lowest BCUT2D eigenvalue weighted by Gasteiger charge is -2.22. The molecule has 0 radical (unpaired) electrons. The standard InChI is InChI=1S/C11H11Cl2F3O3S/c1-10(2,3)6-4-5-7(9(13)8(6)12)19-20(17,18)11(14,15)16/h4-5H,1-3H3. The maximum absolute atomic E-state index is 12.2. The van der Waals surface area contributed by atoms with Gasteiger partial charge in [-0.2, -0.15) is 21.6 Å². The maximum atomic E-state index is 12.2. The molecule has 114 valence electrons. The molecule has 0 fully saturated rings. The van der Waals surface area contributed by atoms with Gasteiger partial charge in [0.05, 0.1) is 5.02 Å². The summed E-state index contributed by atoms with van der Waals surface area (Å²) in [5, 5.41) is -0.430. The van der Waals surface area contributed by atoms with E-state index in [2.05, 4.69) is 4.18 Å². The highest BCUT2D eigenvalue weighted by Gasteiger charge is 2.49. The predicted octanol–water partition coefficient (Wildman–Crippen LogP) is 4.52. The summed E-state index contributed by atoms with van der Waals surface area (Å²) in [6.07, 6.45) is 0. The van der Waals surface area contributed by atoms with E-state index in [0.717, 1.165) is 6.07 Å². The van der Waals surface area contributed by atoms with Gasteiger partial charge in [-0.25, -0.2) is 0 Å². The SMILES string of the molecule is CC(C)(C)c1ccc(OS(=O)(=O)C(F)(F)F)c(Cl)c1Cl. The molecule has 1 aromatic rings. The van der Waals surface area contributed by atoms with Crippen LogP contribution in [0.2, 0.25) is 10.0 Å². The first-order chi connectivity index (χ1) is 8.77. The highest BCUT2D eigenvalue weighted by Crippen LogP contribution is 2.41. The Balaban J connectivity index is 3.29. The summed E-state index contributed by atoms with van der Waals surface area (Å²) in [6.45, 7) is 5.45. The van der Waals surface area contributed by atoms with Crippen molar-refractivity contribution >= 4 is 33.3 Å². The third kappa shape index (κ3) is 3.51. The van der Waals surface area contributed by atoms with Crippen LogP contribution in [-0.4, -0.2) is 13.9 Å². The Morgan fingerprint density at radius 2 is 1.55 bits per heavy atom. The summed E-state index contributed by atoms with van der Waals surface area (Å²) in [4.78, 5) is 0. The molecule has 0 saturated heterocycles. The molecule has 20 heavy (non-hydrogen) atoms. The molecule has 0 bridgehead atoms. The molecule has 0 atom stereocenters. The van der Waals surface area contributed by atoms with Crippen molar-refractivity contribution in [3.8, 4) is 5.75 Å². The fourth-order valence-electron chi connectivity index (χ4n) is 1.34. The van der Waals surface area contributed by atoms with Crippen LogP contribution in [0.25, 0.3) is 0 Å². The average Bonchev–Trinajstić information content (AvgIpc) is 2.21. The maximum Gasteiger partial charge on any atom is 0.534 e. The summed E-state index contributed by atoms with van der Waals surface area (Å²) in [6, 6.07) is 2.41. The van der Waals surface area contributed by atoms with Gasteiger partial charge in [0.15, 0.2) is 5.75 Å². The van der Waals surface area contributed by atoms with Crippen molar-refractivity contribution in [1.29, 1.82) is 0 Å². The molecule has 0 heterocycles. The number of benzene rings is 1. The smallest absolute Gasteiger partial charge is 0.374 e. The van der Waals surface area contributed by atoms with E-state index in [0.29, 0.717) is 5.56 Å². The first-order valence-corrected chi connectivity index (χ1v) is 7.43. The van der Waals surface area contributed by atoms with Crippen molar-refractivity contribution in [3.05, 3.63) is 27.7 Å². The zero-order chi connectivity index (χ0) is 15.9. The third-order valence-corrected chi connectivity index (χ3v) is 4.17. The average molecular weight is 351 g/mol. The molecular weight excluding hydrogens is 340 g/mol. The molecule has 0 aliphatic carbocycles. The van der Waals surface area contributed by atoms with E-state index in [1.165, 1.54) is 6.07 Å². The van der Waals surface area contributed by atoms with Crippen molar-refractivity contribution in [2.45, 2.75) is 31.7 Å². The fourth-order valence-corrected chi connectivity index (χ4v) is 2.50. The molecule has 0 aliphatic rings. The summed E-state index contributed by atoms with van der Waals surface area (Å²) < 4.78 is 62.5. The van der Waals surface area contributed by atoms with Crippen molar-refractivity contribution in [3.63, 3.8) is 0 Å². The van der Waals surface area contributed by atoms with Crippen molar-refractivity contribution in [2.75, 3.05) is 0 Å². The van der Waals surface area contributed by atoms with Crippen LogP contribution >= 0.6 is 23.2 Å². The molecule has 0 spiro atoms. The van der Waals surface area contributed by atoms with Crippen LogP contribution < -0.4 is 4.18 Å². The summed E-state index contributed by atoms with van der Waals surface area (Å²) in [5.41, 5.74) is -5.39. The summed E-state index contributed by atoms with van der Waals surface area (Å²) in [7, 11) is -5.78. The minimum atomic E-state index is -5.78. The van der Waals surface area contributed by atoms with E-state index in [-0.39, 0.29) is 10.0 Å². The van der Waals surface area contributed by atoms with Crippen LogP contribution in [0.15, 0.2) is 12.1 Å². The van der Waals surface area contributed by atoms with Crippen LogP contribution in [0.3, 0.4) is 0 Å². The van der Waals surface area contributed by atoms with E-state index in [1.54, 1.807) is 0 Å². The molecule has 0 aliphatic heterocycles. The van der Waals surface area contributed by atoms with Gasteiger partial charge in [0, 0.05) is 0 Å². The van der Waals surface area contributed by atoms with E-state index in [1.807, 2.05) is 20.8 Å². The zero-order valence-corrected chi connectivity index (χ0v) is 13.0. The predicted molar refractivity (Wildman–Crippen MR) is 70.8 cm³/mol. The number of halogens is 5. The van der Waals surface area contributed by atoms with Gasteiger partial charge in [-0.15, -0.1) is 0 Å². The molecule has 1 rings (SSSR count). The van der Waals surface area contributed by atoms with E-state index >= 15 is 0 Å². The largest absolute Gasteiger partial charge is 0.534 e. The summed E-state index contributed by atoms with van der Waals surface area (Å²) >= 11 is 11.7. The molecule has 0 saturated carbocycles. The molecule has 1 aromatic carbocycles. The molecule has 3 nitrogen and oxygen atoms in total. The van der Waals surface area contributed by atoms with Gasteiger partial charge in [-0.3, -0.25) is 0 Å². The van der Waals surface area contributed by atoms with Crippen molar-refractivity contribution in [1.82, 2.24) is 0 Å². The Hall–Kier alpha value is -0.660. The second kappa shape index (κ2) is 5.27. The molecule has 0 unspecified atom stereocenters. The van der Waals surface area contributed by atoms with Crippen LogP contribution in [0.4, 0.5) is 13.2 Å². The Morgan fingerprint density at radius 3 is 1.95 bits per heavy atom. The van der Waals surface area contributed by atoms with E-state index < -0.39 is 26.8 Å². The van der Waals surface area contributed by atoms with Gasteiger partial charge in [-0.05, 0) is 17.0 Å². The zero-order valence-electron chi connectivity index (χ0n) is 10.7. The quantitative estimate of drug-likeness (QED) is 0.581. The van der Waals surface area contributed by atoms with Crippen LogP contribution in [0.5, 0.6) is 5.75 Å². The lowest BCUT2D eigenvalue weighted by molar-refractivity contribution is -0.0500. The third-order valence-electron chi connectivity index (χ3n) is 2.34. The number of rotatable bonds is 2. The molecular formula is C11H11Cl2F3O3S. The minimum absolute atomic E-state index is 0.0472. The molecule has 0 aromatic heterocycles. The van der Waals surface area contributed by atoms with Gasteiger partial charge >= 0.3 is 15.6 Å². The number of alkyl halides is 3. The Morgan fingerprint density at radius 1 is 1.05 bits per heavy atom. The topological polar surface area (TPSA) is 43.4 Å². The van der Waals surface area contributed by atoms with Gasteiger partial charge < -0.3 is 4.18 Å². The number of hydrogen-bond donors (Lipinski definition) is 0. The lowest BCUT2D eigenvalue weighted by atomic mass is 9.87. The van der Waals surface area contributed by atoms with Gasteiger partial charge in [0.2, 0.25) is 0 Å². The van der Waals surface area contributed by atoms with Crippen molar-refractivity contribution < 1.29 is 25.8 Å². The lowest BCUT2D eigenvalue weighted by Crippen LogP contribution is -2.28. The van der Waals surface area contributed by atoms with E-state index in [9.17, 15) is 21.6 Å². The second-order valence-electron chi connectivity index (χ2n) is 4.97. The summed E-state index contributed by atoms with van der Waals surface area (Å²) in [5.74, 6) is -0.665. The molecule has 9 heteroatoms. The normalized spacial score (nSPS) is 13.4. The van der Waals surface area contributed by atoms with Crippen LogP contribution in [-0.2, 0) is 15.5 Å². The van der Waals surface area contributed by atoms with Gasteiger partial charge in [0.25, 0.3) is 0 Å². The van der Waals surface area contributed by atoms with Gasteiger partial charge in [0.1, 0.15) is 5.02 Å². The van der Waals surface area contributed by atoms with Gasteiger partial charge in [-0.1, -0.05) is 50.0 Å². The monoisotopic (exact) mass is 350 g/mol. The van der Waals surface area contributed by atoms with Crippen LogP contribution in [0.1, 0.15) is 26.3 Å². The number of hydrogen-bond acceptors (Lipinski definition) is 3. The second-order valence-corrected chi connectivity index (χ2v) is 7.27.